The molecule has 0 heterocycles. The third-order valence-corrected chi connectivity index (χ3v) is 3.09. The second-order valence-corrected chi connectivity index (χ2v) is 4.64. The monoisotopic (exact) mass is 295 g/mol. The summed E-state index contributed by atoms with van der Waals surface area (Å²) in [5, 5.41) is 18.4. The number of hydrogen-bond donors (Lipinski definition) is 1. The fraction of sp³-hybridized carbons (Fsp3) is 0.118. The minimum Gasteiger partial charge on any atom is -0.487 e. The number of rotatable bonds is 5. The Bertz CT molecular complexity index is 760. The van der Waals surface area contributed by atoms with Gasteiger partial charge < -0.3 is 9.84 Å². The number of nitriles is 1. The Labute approximate surface area is 127 Å². The first-order valence-electron chi connectivity index (χ1n) is 6.52. The fourth-order valence-electron chi connectivity index (χ4n) is 1.99. The molecule has 2 rings (SSSR count). The molecule has 2 aromatic carbocycles. The molecule has 0 spiro atoms. The molecule has 0 bridgehead atoms. The molecule has 0 saturated carbocycles. The van der Waals surface area contributed by atoms with E-state index in [-0.39, 0.29) is 29.0 Å². The molecule has 0 amide bonds. The molecule has 5 nitrogen and oxygen atoms in total. The smallest absolute Gasteiger partial charge is 0.336 e. The Kier molecular flexibility index (Phi) is 4.54. The first-order chi connectivity index (χ1) is 10.5. The largest absolute Gasteiger partial charge is 0.487 e. The molecule has 0 aliphatic carbocycles. The third-order valence-electron chi connectivity index (χ3n) is 3.09. The number of ether oxygens (including phenoxy) is 1. The lowest BCUT2D eigenvalue weighted by Gasteiger charge is -2.11. The number of carboxylic acid groups (broad SMARTS) is 1. The van der Waals surface area contributed by atoms with E-state index in [1.807, 2.05) is 36.4 Å². The zero-order valence-corrected chi connectivity index (χ0v) is 11.9. The Hall–Kier alpha value is -3.13. The van der Waals surface area contributed by atoms with Crippen LogP contribution >= 0.6 is 0 Å². The molecule has 2 aromatic rings. The maximum atomic E-state index is 11.5. The Morgan fingerprint density at radius 1 is 1.18 bits per heavy atom. The highest BCUT2D eigenvalue weighted by Gasteiger charge is 2.18. The van der Waals surface area contributed by atoms with Gasteiger partial charge in [-0.05, 0) is 24.6 Å². The highest BCUT2D eigenvalue weighted by molar-refractivity contribution is 6.05. The van der Waals surface area contributed by atoms with Gasteiger partial charge in [0.1, 0.15) is 18.4 Å². The van der Waals surface area contributed by atoms with Crippen molar-refractivity contribution in [1.29, 1.82) is 5.26 Å². The summed E-state index contributed by atoms with van der Waals surface area (Å²) in [4.78, 5) is 22.8. The molecule has 0 fully saturated rings. The van der Waals surface area contributed by atoms with Crippen LogP contribution in [0.2, 0.25) is 0 Å². The SMILES string of the molecule is CC(=O)c1cc(C#N)c(OCc2ccccc2)cc1C(=O)O. The van der Waals surface area contributed by atoms with Gasteiger partial charge >= 0.3 is 5.97 Å². The first kappa shape index (κ1) is 15.3. The Balaban J connectivity index is 2.38. The van der Waals surface area contributed by atoms with Crippen molar-refractivity contribution in [3.05, 3.63) is 64.7 Å². The zero-order chi connectivity index (χ0) is 16.1. The van der Waals surface area contributed by atoms with Gasteiger partial charge in [-0.1, -0.05) is 30.3 Å². The summed E-state index contributed by atoms with van der Waals surface area (Å²) in [6, 6.07) is 13.7. The van der Waals surface area contributed by atoms with Crippen molar-refractivity contribution in [2.75, 3.05) is 0 Å². The minimum absolute atomic E-state index is 0.00360. The van der Waals surface area contributed by atoms with Gasteiger partial charge in [0.15, 0.2) is 5.78 Å². The Morgan fingerprint density at radius 3 is 2.41 bits per heavy atom. The summed E-state index contributed by atoms with van der Waals surface area (Å²) in [6.45, 7) is 1.46. The predicted octanol–water partition coefficient (Wildman–Crippen LogP) is 3.04. The van der Waals surface area contributed by atoms with Crippen LogP contribution in [0.5, 0.6) is 5.75 Å². The van der Waals surface area contributed by atoms with Gasteiger partial charge in [-0.3, -0.25) is 4.79 Å². The summed E-state index contributed by atoms with van der Waals surface area (Å²) in [6.07, 6.45) is 0. The lowest BCUT2D eigenvalue weighted by atomic mass is 10.0. The lowest BCUT2D eigenvalue weighted by Crippen LogP contribution is -2.08. The second kappa shape index (κ2) is 6.55. The second-order valence-electron chi connectivity index (χ2n) is 4.64. The molecule has 0 unspecified atom stereocenters. The molecule has 110 valence electrons. The van der Waals surface area contributed by atoms with E-state index in [1.54, 1.807) is 0 Å². The van der Waals surface area contributed by atoms with Gasteiger partial charge in [-0.25, -0.2) is 4.79 Å². The molecule has 0 atom stereocenters. The number of carboxylic acids is 1. The van der Waals surface area contributed by atoms with Crippen LogP contribution in [0.1, 0.15) is 38.8 Å². The van der Waals surface area contributed by atoms with Crippen molar-refractivity contribution in [1.82, 2.24) is 0 Å². The van der Waals surface area contributed by atoms with Crippen molar-refractivity contribution in [2.24, 2.45) is 0 Å². The summed E-state index contributed by atoms with van der Waals surface area (Å²) >= 11 is 0. The third kappa shape index (κ3) is 3.30. The van der Waals surface area contributed by atoms with Crippen molar-refractivity contribution in [2.45, 2.75) is 13.5 Å². The van der Waals surface area contributed by atoms with E-state index >= 15 is 0 Å². The van der Waals surface area contributed by atoms with Crippen LogP contribution in [0, 0.1) is 11.3 Å². The lowest BCUT2D eigenvalue weighted by molar-refractivity contribution is 0.0691. The van der Waals surface area contributed by atoms with E-state index in [0.717, 1.165) is 5.56 Å². The number of hydrogen-bond acceptors (Lipinski definition) is 4. The fourth-order valence-corrected chi connectivity index (χ4v) is 1.99. The number of carbonyl (C=O) groups excluding carboxylic acids is 1. The van der Waals surface area contributed by atoms with Gasteiger partial charge in [-0.15, -0.1) is 0 Å². The van der Waals surface area contributed by atoms with E-state index in [4.69, 9.17) is 10.00 Å². The zero-order valence-electron chi connectivity index (χ0n) is 11.9. The molecule has 0 aliphatic heterocycles. The van der Waals surface area contributed by atoms with Gasteiger partial charge in [0.2, 0.25) is 0 Å². The summed E-state index contributed by atoms with van der Waals surface area (Å²) in [5.74, 6) is -1.50. The van der Waals surface area contributed by atoms with E-state index in [0.29, 0.717) is 0 Å². The van der Waals surface area contributed by atoms with Crippen LogP contribution in [-0.4, -0.2) is 16.9 Å². The number of ketones is 1. The van der Waals surface area contributed by atoms with Gasteiger partial charge in [0.25, 0.3) is 0 Å². The molecule has 0 radical (unpaired) electrons. The average Bonchev–Trinajstić information content (AvgIpc) is 2.52. The van der Waals surface area contributed by atoms with E-state index in [9.17, 15) is 14.7 Å². The van der Waals surface area contributed by atoms with Crippen LogP contribution < -0.4 is 4.74 Å². The van der Waals surface area contributed by atoms with E-state index in [2.05, 4.69) is 0 Å². The van der Waals surface area contributed by atoms with Crippen LogP contribution in [0.4, 0.5) is 0 Å². The summed E-state index contributed by atoms with van der Waals surface area (Å²) in [7, 11) is 0. The Morgan fingerprint density at radius 2 is 1.86 bits per heavy atom. The topological polar surface area (TPSA) is 87.4 Å². The van der Waals surface area contributed by atoms with Gasteiger partial charge in [-0.2, -0.15) is 5.26 Å². The molecule has 1 N–H and O–H groups in total. The molecular formula is C17H13NO4. The maximum absolute atomic E-state index is 11.5. The number of benzene rings is 2. The quantitative estimate of drug-likeness (QED) is 0.856. The van der Waals surface area contributed by atoms with Crippen LogP contribution in [0.3, 0.4) is 0 Å². The maximum Gasteiger partial charge on any atom is 0.336 e. The highest BCUT2D eigenvalue weighted by Crippen LogP contribution is 2.25. The van der Waals surface area contributed by atoms with Crippen molar-refractivity contribution in [3.63, 3.8) is 0 Å². The highest BCUT2D eigenvalue weighted by atomic mass is 16.5. The standard InChI is InChI=1S/C17H13NO4/c1-11(19)14-7-13(9-18)16(8-15(14)17(20)21)22-10-12-5-3-2-4-6-12/h2-8H,10H2,1H3,(H,20,21). The van der Waals surface area contributed by atoms with E-state index in [1.165, 1.54) is 19.1 Å². The van der Waals surface area contributed by atoms with Gasteiger partial charge in [0.05, 0.1) is 11.1 Å². The summed E-state index contributed by atoms with van der Waals surface area (Å²) < 4.78 is 5.54. The number of carbonyl (C=O) groups is 2. The minimum atomic E-state index is -1.24. The summed E-state index contributed by atoms with van der Waals surface area (Å²) in [5.41, 5.74) is 0.843. The van der Waals surface area contributed by atoms with E-state index < -0.39 is 11.8 Å². The van der Waals surface area contributed by atoms with Crippen molar-refractivity contribution in [3.8, 4) is 11.8 Å². The normalized spacial score (nSPS) is 9.82. The average molecular weight is 295 g/mol. The van der Waals surface area contributed by atoms with Crippen LogP contribution in [-0.2, 0) is 6.61 Å². The number of aromatic carboxylic acids is 1. The molecule has 0 aliphatic rings. The number of nitrogens with zero attached hydrogens (tertiary/aromatic N) is 1. The van der Waals surface area contributed by atoms with Crippen LogP contribution in [0.15, 0.2) is 42.5 Å². The van der Waals surface area contributed by atoms with Crippen molar-refractivity contribution < 1.29 is 19.4 Å². The van der Waals surface area contributed by atoms with Crippen molar-refractivity contribution >= 4 is 11.8 Å². The first-order valence-corrected chi connectivity index (χ1v) is 6.52. The molecular weight excluding hydrogens is 282 g/mol. The van der Waals surface area contributed by atoms with Crippen LogP contribution in [0.25, 0.3) is 0 Å². The van der Waals surface area contributed by atoms with Gasteiger partial charge in [0, 0.05) is 5.56 Å². The predicted molar refractivity (Wildman–Crippen MR) is 78.9 cm³/mol. The molecule has 22 heavy (non-hydrogen) atoms. The molecule has 5 heteroatoms. The molecule has 0 saturated heterocycles. The number of Topliss-reactive ketones (excluding diaryl/α,β-unsaturated/α-hetero) is 1. The molecule has 0 aromatic heterocycles.